The number of nitrogens with zero attached hydrogens (tertiary/aromatic N) is 2. The predicted molar refractivity (Wildman–Crippen MR) is 66.0 cm³/mol. The van der Waals surface area contributed by atoms with E-state index in [0.717, 1.165) is 0 Å². The van der Waals surface area contributed by atoms with Crippen molar-refractivity contribution in [1.29, 1.82) is 5.26 Å². The van der Waals surface area contributed by atoms with Crippen LogP contribution in [0.1, 0.15) is 15.9 Å². The molecule has 96 valence electrons. The van der Waals surface area contributed by atoms with Crippen molar-refractivity contribution in [2.24, 2.45) is 0 Å². The highest BCUT2D eigenvalue weighted by Gasteiger charge is 2.15. The fraction of sp³-hybridized carbons (Fsp3) is 0.385. The van der Waals surface area contributed by atoms with Crippen LogP contribution in [-0.4, -0.2) is 49.3 Å². The number of carbonyl (C=O) groups is 1. The molecule has 1 atom stereocenters. The maximum absolute atomic E-state index is 12.0. The average Bonchev–Trinajstić information content (AvgIpc) is 2.38. The molecule has 1 aromatic rings. The summed E-state index contributed by atoms with van der Waals surface area (Å²) in [6, 6.07) is 8.45. The fourth-order valence-electron chi connectivity index (χ4n) is 1.59. The number of aliphatic hydroxyl groups excluding tert-OH is 1. The van der Waals surface area contributed by atoms with Crippen LogP contribution >= 0.6 is 0 Å². The summed E-state index contributed by atoms with van der Waals surface area (Å²) in [5.41, 5.74) is 0.868. The van der Waals surface area contributed by atoms with Crippen molar-refractivity contribution < 1.29 is 14.6 Å². The predicted octanol–water partition coefficient (Wildman–Crippen LogP) is 0.638. The molecule has 5 heteroatoms. The number of carbonyl (C=O) groups excluding carboxylic acids is 1. The van der Waals surface area contributed by atoms with E-state index >= 15 is 0 Å². The van der Waals surface area contributed by atoms with Crippen LogP contribution < -0.4 is 0 Å². The van der Waals surface area contributed by atoms with Gasteiger partial charge in [0.1, 0.15) is 0 Å². The maximum Gasteiger partial charge on any atom is 0.253 e. The molecule has 0 aliphatic carbocycles. The lowest BCUT2D eigenvalue weighted by atomic mass is 10.1. The number of rotatable bonds is 5. The molecule has 5 nitrogen and oxygen atoms in total. The van der Waals surface area contributed by atoms with E-state index in [2.05, 4.69) is 0 Å². The summed E-state index contributed by atoms with van der Waals surface area (Å²) < 4.78 is 4.80. The zero-order valence-corrected chi connectivity index (χ0v) is 10.5. The SMILES string of the molecule is COCC(O)CN(C)C(=O)c1cccc(C#N)c1. The molecular formula is C13H16N2O3. The highest BCUT2D eigenvalue weighted by molar-refractivity contribution is 5.94. The van der Waals surface area contributed by atoms with Crippen LogP contribution in [0.2, 0.25) is 0 Å². The van der Waals surface area contributed by atoms with E-state index in [1.807, 2.05) is 6.07 Å². The van der Waals surface area contributed by atoms with Crippen molar-refractivity contribution in [3.8, 4) is 6.07 Å². The van der Waals surface area contributed by atoms with Gasteiger partial charge in [-0.2, -0.15) is 5.26 Å². The third-order valence-corrected chi connectivity index (χ3v) is 2.43. The van der Waals surface area contributed by atoms with E-state index in [-0.39, 0.29) is 19.1 Å². The molecule has 0 fully saturated rings. The summed E-state index contributed by atoms with van der Waals surface area (Å²) in [4.78, 5) is 13.4. The highest BCUT2D eigenvalue weighted by atomic mass is 16.5. The summed E-state index contributed by atoms with van der Waals surface area (Å²) in [5, 5.41) is 18.3. The Kier molecular flexibility index (Phi) is 5.31. The minimum absolute atomic E-state index is 0.176. The molecule has 1 amide bonds. The quantitative estimate of drug-likeness (QED) is 0.829. The molecular weight excluding hydrogens is 232 g/mol. The largest absolute Gasteiger partial charge is 0.389 e. The lowest BCUT2D eigenvalue weighted by Gasteiger charge is -2.20. The van der Waals surface area contributed by atoms with Crippen LogP contribution in [0.3, 0.4) is 0 Å². The maximum atomic E-state index is 12.0. The van der Waals surface area contributed by atoms with Gasteiger partial charge < -0.3 is 14.7 Å². The smallest absolute Gasteiger partial charge is 0.253 e. The van der Waals surface area contributed by atoms with Crippen LogP contribution in [0.5, 0.6) is 0 Å². The second kappa shape index (κ2) is 6.74. The lowest BCUT2D eigenvalue weighted by Crippen LogP contribution is -2.36. The van der Waals surface area contributed by atoms with Gasteiger partial charge in [-0.25, -0.2) is 0 Å². The van der Waals surface area contributed by atoms with Gasteiger partial charge in [0.05, 0.1) is 24.3 Å². The van der Waals surface area contributed by atoms with Crippen molar-refractivity contribution in [2.75, 3.05) is 27.3 Å². The van der Waals surface area contributed by atoms with Crippen LogP contribution in [0.25, 0.3) is 0 Å². The molecule has 0 aliphatic rings. The number of methoxy groups -OCH3 is 1. The monoisotopic (exact) mass is 248 g/mol. The molecule has 0 saturated carbocycles. The Morgan fingerprint density at radius 1 is 1.61 bits per heavy atom. The zero-order chi connectivity index (χ0) is 13.5. The van der Waals surface area contributed by atoms with Gasteiger partial charge in [0, 0.05) is 26.3 Å². The number of nitriles is 1. The van der Waals surface area contributed by atoms with E-state index in [1.165, 1.54) is 18.1 Å². The molecule has 0 spiro atoms. The first-order chi connectivity index (χ1) is 8.58. The molecule has 0 aliphatic heterocycles. The average molecular weight is 248 g/mol. The molecule has 1 unspecified atom stereocenters. The molecule has 0 heterocycles. The number of hydrogen-bond donors (Lipinski definition) is 1. The number of amides is 1. The molecule has 1 rings (SSSR count). The number of hydrogen-bond acceptors (Lipinski definition) is 4. The van der Waals surface area contributed by atoms with Gasteiger partial charge in [0.2, 0.25) is 0 Å². The van der Waals surface area contributed by atoms with Gasteiger partial charge in [-0.3, -0.25) is 4.79 Å². The van der Waals surface area contributed by atoms with Crippen LogP contribution in [0.15, 0.2) is 24.3 Å². The molecule has 18 heavy (non-hydrogen) atoms. The Labute approximate surface area is 106 Å². The lowest BCUT2D eigenvalue weighted by molar-refractivity contribution is 0.0380. The van der Waals surface area contributed by atoms with Crippen molar-refractivity contribution >= 4 is 5.91 Å². The van der Waals surface area contributed by atoms with Crippen LogP contribution in [-0.2, 0) is 4.74 Å². The third-order valence-electron chi connectivity index (χ3n) is 2.43. The second-order valence-corrected chi connectivity index (χ2v) is 3.99. The van der Waals surface area contributed by atoms with Gasteiger partial charge in [-0.1, -0.05) is 6.07 Å². The normalized spacial score (nSPS) is 11.7. The molecule has 0 radical (unpaired) electrons. The Balaban J connectivity index is 2.71. The summed E-state index contributed by atoms with van der Waals surface area (Å²) in [7, 11) is 3.09. The van der Waals surface area contributed by atoms with Gasteiger partial charge >= 0.3 is 0 Å². The highest BCUT2D eigenvalue weighted by Crippen LogP contribution is 2.07. The van der Waals surface area contributed by atoms with Crippen molar-refractivity contribution in [3.05, 3.63) is 35.4 Å². The summed E-state index contributed by atoms with van der Waals surface area (Å²) >= 11 is 0. The summed E-state index contributed by atoms with van der Waals surface area (Å²) in [5.74, 6) is -0.234. The van der Waals surface area contributed by atoms with Crippen molar-refractivity contribution in [3.63, 3.8) is 0 Å². The molecule has 1 N–H and O–H groups in total. The van der Waals surface area contributed by atoms with Gasteiger partial charge in [-0.15, -0.1) is 0 Å². The van der Waals surface area contributed by atoms with E-state index in [9.17, 15) is 9.90 Å². The molecule has 1 aromatic carbocycles. The number of aliphatic hydroxyl groups is 1. The molecule has 0 saturated heterocycles. The van der Waals surface area contributed by atoms with E-state index < -0.39 is 6.10 Å². The van der Waals surface area contributed by atoms with Crippen molar-refractivity contribution in [1.82, 2.24) is 4.90 Å². The number of likely N-dealkylation sites (N-methyl/N-ethyl adjacent to an activating group) is 1. The summed E-state index contributed by atoms with van der Waals surface area (Å²) in [6.07, 6.45) is -0.719. The van der Waals surface area contributed by atoms with Crippen molar-refractivity contribution in [2.45, 2.75) is 6.10 Å². The fourth-order valence-corrected chi connectivity index (χ4v) is 1.59. The Hall–Kier alpha value is -1.90. The molecule has 0 bridgehead atoms. The van der Waals surface area contributed by atoms with Crippen LogP contribution in [0.4, 0.5) is 0 Å². The first kappa shape index (κ1) is 14.2. The Morgan fingerprint density at radius 2 is 2.33 bits per heavy atom. The minimum atomic E-state index is -0.719. The Bertz CT molecular complexity index is 454. The third kappa shape index (κ3) is 3.84. The first-order valence-corrected chi connectivity index (χ1v) is 5.51. The Morgan fingerprint density at radius 3 is 2.94 bits per heavy atom. The van der Waals surface area contributed by atoms with E-state index in [0.29, 0.717) is 11.1 Å². The first-order valence-electron chi connectivity index (χ1n) is 5.51. The van der Waals surface area contributed by atoms with Crippen LogP contribution in [0, 0.1) is 11.3 Å². The standard InChI is InChI=1S/C13H16N2O3/c1-15(8-12(16)9-18-2)13(17)11-5-3-4-10(6-11)7-14/h3-6,12,16H,8-9H2,1-2H3. The number of benzene rings is 1. The minimum Gasteiger partial charge on any atom is -0.389 e. The molecule has 0 aromatic heterocycles. The number of ether oxygens (including phenoxy) is 1. The second-order valence-electron chi connectivity index (χ2n) is 3.99. The van der Waals surface area contributed by atoms with E-state index in [1.54, 1.807) is 25.2 Å². The van der Waals surface area contributed by atoms with Gasteiger partial charge in [-0.05, 0) is 18.2 Å². The summed E-state index contributed by atoms with van der Waals surface area (Å²) in [6.45, 7) is 0.360. The topological polar surface area (TPSA) is 73.6 Å². The van der Waals surface area contributed by atoms with Gasteiger partial charge in [0.15, 0.2) is 0 Å². The van der Waals surface area contributed by atoms with E-state index in [4.69, 9.17) is 10.00 Å². The zero-order valence-electron chi connectivity index (χ0n) is 10.5. The van der Waals surface area contributed by atoms with Gasteiger partial charge in [0.25, 0.3) is 5.91 Å².